The lowest BCUT2D eigenvalue weighted by Crippen LogP contribution is -2.35. The molecule has 0 saturated carbocycles. The first-order chi connectivity index (χ1) is 10.7. The molecule has 0 rings (SSSR count). The molecule has 0 aliphatic heterocycles. The highest BCUT2D eigenvalue weighted by molar-refractivity contribution is 5.01. The Morgan fingerprint density at radius 1 is 0.818 bits per heavy atom. The standard InChI is InChI=1S/C19H32O3/c1-4-7-9-11-13-15-17-21-19(20,6-3)22-18-16-14-12-10-8-5-2/h4-5,7-12,20H,6,13-18H2,1-3H3. The Kier molecular flexibility index (Phi) is 14.0. The summed E-state index contributed by atoms with van der Waals surface area (Å²) < 4.78 is 11.0. The molecule has 0 amide bonds. The van der Waals surface area contributed by atoms with Crippen LogP contribution in [0.1, 0.15) is 52.9 Å². The molecular formula is C19H32O3. The van der Waals surface area contributed by atoms with E-state index in [2.05, 4.69) is 12.2 Å². The first kappa shape index (κ1) is 20.8. The Hall–Kier alpha value is -1.16. The topological polar surface area (TPSA) is 38.7 Å². The van der Waals surface area contributed by atoms with E-state index in [1.807, 2.05) is 57.2 Å². The Bertz CT molecular complexity index is 324. The van der Waals surface area contributed by atoms with Crippen LogP contribution in [0.15, 0.2) is 48.6 Å². The zero-order valence-corrected chi connectivity index (χ0v) is 14.3. The normalized spacial score (nSPS) is 15.6. The highest BCUT2D eigenvalue weighted by Gasteiger charge is 2.25. The van der Waals surface area contributed by atoms with Gasteiger partial charge in [0, 0.05) is 6.42 Å². The summed E-state index contributed by atoms with van der Waals surface area (Å²) in [6, 6.07) is 0. The number of ether oxygens (including phenoxy) is 2. The second kappa shape index (κ2) is 14.8. The lowest BCUT2D eigenvalue weighted by Gasteiger charge is -2.26. The van der Waals surface area contributed by atoms with E-state index in [0.29, 0.717) is 19.6 Å². The second-order valence-corrected chi connectivity index (χ2v) is 4.96. The Labute approximate surface area is 136 Å². The van der Waals surface area contributed by atoms with E-state index < -0.39 is 5.97 Å². The number of aliphatic hydroxyl groups is 1. The SMILES string of the molecule is CC=CC=CCCCOC(O)(CC)OCCCC=CC=CC. The van der Waals surface area contributed by atoms with Gasteiger partial charge in [0.2, 0.25) is 0 Å². The van der Waals surface area contributed by atoms with Gasteiger partial charge in [0.1, 0.15) is 0 Å². The average Bonchev–Trinajstić information content (AvgIpc) is 2.53. The largest absolute Gasteiger partial charge is 0.343 e. The van der Waals surface area contributed by atoms with Crippen LogP contribution in [0.4, 0.5) is 0 Å². The molecule has 0 aromatic heterocycles. The van der Waals surface area contributed by atoms with Crippen LogP contribution in [-0.4, -0.2) is 24.3 Å². The van der Waals surface area contributed by atoms with E-state index in [0.717, 1.165) is 25.7 Å². The molecule has 0 radical (unpaired) electrons. The van der Waals surface area contributed by atoms with Gasteiger partial charge in [-0.25, -0.2) is 0 Å². The fourth-order valence-corrected chi connectivity index (χ4v) is 1.68. The van der Waals surface area contributed by atoms with E-state index in [1.165, 1.54) is 0 Å². The highest BCUT2D eigenvalue weighted by Crippen LogP contribution is 2.15. The minimum absolute atomic E-state index is 0.426. The summed E-state index contributed by atoms with van der Waals surface area (Å²) in [4.78, 5) is 0. The first-order valence-corrected chi connectivity index (χ1v) is 8.24. The third kappa shape index (κ3) is 12.6. The molecule has 0 aromatic carbocycles. The molecule has 0 bridgehead atoms. The van der Waals surface area contributed by atoms with Crippen LogP contribution >= 0.6 is 0 Å². The second-order valence-electron chi connectivity index (χ2n) is 4.96. The number of hydrogen-bond donors (Lipinski definition) is 1. The van der Waals surface area contributed by atoms with Crippen molar-refractivity contribution in [1.82, 2.24) is 0 Å². The Morgan fingerprint density at radius 3 is 1.64 bits per heavy atom. The Morgan fingerprint density at radius 2 is 1.27 bits per heavy atom. The van der Waals surface area contributed by atoms with Gasteiger partial charge in [-0.1, -0.05) is 55.5 Å². The zero-order valence-electron chi connectivity index (χ0n) is 14.3. The molecule has 126 valence electrons. The highest BCUT2D eigenvalue weighted by atomic mass is 16.8. The maximum Gasteiger partial charge on any atom is 0.280 e. The number of hydrogen-bond acceptors (Lipinski definition) is 3. The number of allylic oxidation sites excluding steroid dienone is 8. The predicted octanol–water partition coefficient (Wildman–Crippen LogP) is 4.90. The van der Waals surface area contributed by atoms with Gasteiger partial charge in [0.25, 0.3) is 5.97 Å². The van der Waals surface area contributed by atoms with Gasteiger partial charge < -0.3 is 14.6 Å². The third-order valence-corrected chi connectivity index (χ3v) is 3.01. The Balaban J connectivity index is 3.79. The molecule has 0 fully saturated rings. The van der Waals surface area contributed by atoms with Crippen LogP contribution in [0.2, 0.25) is 0 Å². The smallest absolute Gasteiger partial charge is 0.280 e. The minimum atomic E-state index is -1.44. The van der Waals surface area contributed by atoms with E-state index >= 15 is 0 Å². The fourth-order valence-electron chi connectivity index (χ4n) is 1.68. The molecule has 0 aliphatic carbocycles. The van der Waals surface area contributed by atoms with Crippen molar-refractivity contribution in [3.05, 3.63) is 48.6 Å². The molecule has 22 heavy (non-hydrogen) atoms. The molecule has 0 saturated heterocycles. The summed E-state index contributed by atoms with van der Waals surface area (Å²) in [5.41, 5.74) is 0. The van der Waals surface area contributed by atoms with Crippen LogP contribution in [0.25, 0.3) is 0 Å². The van der Waals surface area contributed by atoms with E-state index in [4.69, 9.17) is 9.47 Å². The summed E-state index contributed by atoms with van der Waals surface area (Å²) in [6.07, 6.45) is 20.2. The molecule has 3 nitrogen and oxygen atoms in total. The quantitative estimate of drug-likeness (QED) is 0.299. The van der Waals surface area contributed by atoms with E-state index in [9.17, 15) is 5.11 Å². The summed E-state index contributed by atoms with van der Waals surface area (Å²) in [5, 5.41) is 10.2. The molecule has 0 heterocycles. The molecule has 0 aromatic rings. The van der Waals surface area contributed by atoms with Crippen LogP contribution in [0.3, 0.4) is 0 Å². The van der Waals surface area contributed by atoms with Crippen LogP contribution in [-0.2, 0) is 9.47 Å². The number of unbranched alkanes of at least 4 members (excludes halogenated alkanes) is 2. The van der Waals surface area contributed by atoms with Gasteiger partial charge >= 0.3 is 0 Å². The van der Waals surface area contributed by atoms with Crippen molar-refractivity contribution >= 4 is 0 Å². The minimum Gasteiger partial charge on any atom is -0.343 e. The molecule has 0 aliphatic rings. The zero-order chi connectivity index (χ0) is 16.5. The van der Waals surface area contributed by atoms with E-state index in [-0.39, 0.29) is 0 Å². The van der Waals surface area contributed by atoms with Gasteiger partial charge in [0.05, 0.1) is 13.2 Å². The average molecular weight is 308 g/mol. The molecule has 0 unspecified atom stereocenters. The summed E-state index contributed by atoms with van der Waals surface area (Å²) in [6.45, 7) is 6.82. The maximum absolute atomic E-state index is 10.2. The molecular weight excluding hydrogens is 276 g/mol. The van der Waals surface area contributed by atoms with Crippen LogP contribution in [0, 0.1) is 0 Å². The van der Waals surface area contributed by atoms with Crippen molar-refractivity contribution in [2.45, 2.75) is 58.8 Å². The summed E-state index contributed by atoms with van der Waals surface area (Å²) in [7, 11) is 0. The van der Waals surface area contributed by atoms with Crippen molar-refractivity contribution in [3.8, 4) is 0 Å². The van der Waals surface area contributed by atoms with Crippen molar-refractivity contribution in [2.75, 3.05) is 13.2 Å². The van der Waals surface area contributed by atoms with E-state index in [1.54, 1.807) is 0 Å². The molecule has 0 spiro atoms. The monoisotopic (exact) mass is 308 g/mol. The maximum atomic E-state index is 10.2. The fraction of sp³-hybridized carbons (Fsp3) is 0.579. The van der Waals surface area contributed by atoms with Gasteiger partial charge in [-0.15, -0.1) is 0 Å². The molecule has 1 N–H and O–H groups in total. The van der Waals surface area contributed by atoms with Crippen molar-refractivity contribution in [3.63, 3.8) is 0 Å². The predicted molar refractivity (Wildman–Crippen MR) is 93.5 cm³/mol. The van der Waals surface area contributed by atoms with Crippen LogP contribution in [0.5, 0.6) is 0 Å². The number of rotatable bonds is 13. The molecule has 0 atom stereocenters. The van der Waals surface area contributed by atoms with Crippen molar-refractivity contribution < 1.29 is 14.6 Å². The first-order valence-electron chi connectivity index (χ1n) is 8.24. The lowest BCUT2D eigenvalue weighted by atomic mass is 10.3. The van der Waals surface area contributed by atoms with Gasteiger partial charge in [-0.3, -0.25) is 0 Å². The van der Waals surface area contributed by atoms with Gasteiger partial charge in [0.15, 0.2) is 0 Å². The molecule has 3 heteroatoms. The summed E-state index contributed by atoms with van der Waals surface area (Å²) >= 11 is 0. The third-order valence-electron chi connectivity index (χ3n) is 3.01. The van der Waals surface area contributed by atoms with Gasteiger partial charge in [-0.05, 0) is 39.5 Å². The lowest BCUT2D eigenvalue weighted by molar-refractivity contribution is -0.361. The van der Waals surface area contributed by atoms with Crippen LogP contribution < -0.4 is 0 Å². The van der Waals surface area contributed by atoms with Crippen molar-refractivity contribution in [1.29, 1.82) is 0 Å². The van der Waals surface area contributed by atoms with Gasteiger partial charge in [-0.2, -0.15) is 0 Å². The summed E-state index contributed by atoms with van der Waals surface area (Å²) in [5.74, 6) is -1.44. The van der Waals surface area contributed by atoms with Crippen molar-refractivity contribution in [2.24, 2.45) is 0 Å².